The predicted molar refractivity (Wildman–Crippen MR) is 95.4 cm³/mol. The SMILES string of the molecule is O=C(NCc1ccc2c(c1)OCO2)c1cc(Nc2ccc(F)c(F)c2)ncn1. The fourth-order valence-corrected chi connectivity index (χ4v) is 2.60. The van der Waals surface area contributed by atoms with Crippen molar-refractivity contribution in [3.05, 3.63) is 71.7 Å². The molecule has 2 heterocycles. The van der Waals surface area contributed by atoms with Gasteiger partial charge < -0.3 is 20.1 Å². The first-order chi connectivity index (χ1) is 13.6. The van der Waals surface area contributed by atoms with E-state index in [9.17, 15) is 13.6 Å². The van der Waals surface area contributed by atoms with Crippen molar-refractivity contribution in [2.24, 2.45) is 0 Å². The van der Waals surface area contributed by atoms with E-state index in [1.54, 1.807) is 12.1 Å². The van der Waals surface area contributed by atoms with Crippen LogP contribution >= 0.6 is 0 Å². The third-order valence-electron chi connectivity index (χ3n) is 3.98. The van der Waals surface area contributed by atoms with Crippen LogP contribution in [0.1, 0.15) is 16.1 Å². The first-order valence-corrected chi connectivity index (χ1v) is 8.29. The highest BCUT2D eigenvalue weighted by atomic mass is 19.2. The van der Waals surface area contributed by atoms with E-state index >= 15 is 0 Å². The summed E-state index contributed by atoms with van der Waals surface area (Å²) in [6.45, 7) is 0.450. The summed E-state index contributed by atoms with van der Waals surface area (Å²) in [5, 5.41) is 5.55. The van der Waals surface area contributed by atoms with E-state index in [0.29, 0.717) is 17.2 Å². The summed E-state index contributed by atoms with van der Waals surface area (Å²) in [7, 11) is 0. The van der Waals surface area contributed by atoms with Gasteiger partial charge in [-0.25, -0.2) is 18.7 Å². The molecule has 0 aliphatic carbocycles. The van der Waals surface area contributed by atoms with Gasteiger partial charge in [-0.05, 0) is 29.8 Å². The smallest absolute Gasteiger partial charge is 0.270 e. The van der Waals surface area contributed by atoms with Crippen molar-refractivity contribution in [1.29, 1.82) is 0 Å². The zero-order valence-electron chi connectivity index (χ0n) is 14.4. The van der Waals surface area contributed by atoms with E-state index in [-0.39, 0.29) is 24.8 Å². The Labute approximate surface area is 158 Å². The predicted octanol–water partition coefficient (Wildman–Crippen LogP) is 3.16. The van der Waals surface area contributed by atoms with Crippen molar-refractivity contribution in [3.63, 3.8) is 0 Å². The average Bonchev–Trinajstić information content (AvgIpc) is 3.17. The number of nitrogens with one attached hydrogen (secondary N) is 2. The van der Waals surface area contributed by atoms with Crippen LogP contribution in [-0.2, 0) is 6.54 Å². The third kappa shape index (κ3) is 3.83. The number of nitrogens with zero attached hydrogens (tertiary/aromatic N) is 2. The summed E-state index contributed by atoms with van der Waals surface area (Å²) in [4.78, 5) is 20.3. The number of carbonyl (C=O) groups is 1. The maximum absolute atomic E-state index is 13.3. The van der Waals surface area contributed by atoms with Crippen LogP contribution < -0.4 is 20.1 Å². The molecule has 0 atom stereocenters. The molecule has 1 aliphatic rings. The van der Waals surface area contributed by atoms with Crippen LogP contribution in [0.5, 0.6) is 11.5 Å². The van der Waals surface area contributed by atoms with Crippen molar-refractivity contribution < 1.29 is 23.0 Å². The topological polar surface area (TPSA) is 85.4 Å². The maximum atomic E-state index is 13.3. The van der Waals surface area contributed by atoms with E-state index in [4.69, 9.17) is 9.47 Å². The number of rotatable bonds is 5. The molecular formula is C19H14F2N4O3. The lowest BCUT2D eigenvalue weighted by atomic mass is 10.2. The number of anilines is 2. The van der Waals surface area contributed by atoms with Gasteiger partial charge in [-0.2, -0.15) is 0 Å². The van der Waals surface area contributed by atoms with Crippen molar-refractivity contribution in [3.8, 4) is 11.5 Å². The van der Waals surface area contributed by atoms with E-state index in [2.05, 4.69) is 20.6 Å². The summed E-state index contributed by atoms with van der Waals surface area (Å²) < 4.78 is 36.9. The largest absolute Gasteiger partial charge is 0.454 e. The van der Waals surface area contributed by atoms with E-state index < -0.39 is 17.5 Å². The summed E-state index contributed by atoms with van der Waals surface area (Å²) in [5.41, 5.74) is 1.26. The lowest BCUT2D eigenvalue weighted by molar-refractivity contribution is 0.0945. The Morgan fingerprint density at radius 1 is 1.00 bits per heavy atom. The van der Waals surface area contributed by atoms with Crippen molar-refractivity contribution in [2.75, 3.05) is 12.1 Å². The minimum atomic E-state index is -0.985. The molecule has 0 spiro atoms. The van der Waals surface area contributed by atoms with Crippen LogP contribution in [0.2, 0.25) is 0 Å². The Morgan fingerprint density at radius 3 is 2.71 bits per heavy atom. The van der Waals surface area contributed by atoms with Gasteiger partial charge >= 0.3 is 0 Å². The second-order valence-electron chi connectivity index (χ2n) is 5.91. The fraction of sp³-hybridized carbons (Fsp3) is 0.105. The second-order valence-corrected chi connectivity index (χ2v) is 5.91. The molecule has 1 amide bonds. The Hall–Kier alpha value is -3.75. The van der Waals surface area contributed by atoms with Gasteiger partial charge in [0.25, 0.3) is 5.91 Å². The number of aromatic nitrogens is 2. The van der Waals surface area contributed by atoms with Gasteiger partial charge in [-0.15, -0.1) is 0 Å². The number of fused-ring (bicyclic) bond motifs is 1. The van der Waals surface area contributed by atoms with Crippen LogP contribution in [0.4, 0.5) is 20.3 Å². The van der Waals surface area contributed by atoms with Gasteiger partial charge in [0.1, 0.15) is 17.8 Å². The average molecular weight is 384 g/mol. The van der Waals surface area contributed by atoms with Crippen LogP contribution in [0.3, 0.4) is 0 Å². The lowest BCUT2D eigenvalue weighted by Gasteiger charge is -2.08. The molecule has 9 heteroatoms. The van der Waals surface area contributed by atoms with Crippen LogP contribution in [0.15, 0.2) is 48.8 Å². The zero-order chi connectivity index (χ0) is 19.5. The molecule has 0 saturated carbocycles. The van der Waals surface area contributed by atoms with Gasteiger partial charge in [0, 0.05) is 24.4 Å². The number of amides is 1. The molecule has 0 saturated heterocycles. The molecule has 0 fully saturated rings. The first kappa shape index (κ1) is 17.7. The Bertz CT molecular complexity index is 1050. The van der Waals surface area contributed by atoms with Crippen LogP contribution in [0.25, 0.3) is 0 Å². The van der Waals surface area contributed by atoms with Gasteiger partial charge in [-0.3, -0.25) is 4.79 Å². The molecule has 2 aromatic carbocycles. The molecule has 1 aromatic heterocycles. The highest BCUT2D eigenvalue weighted by Crippen LogP contribution is 2.32. The quantitative estimate of drug-likeness (QED) is 0.703. The van der Waals surface area contributed by atoms with Crippen LogP contribution in [0, 0.1) is 11.6 Å². The number of carbonyl (C=O) groups excluding carboxylic acids is 1. The summed E-state index contributed by atoms with van der Waals surface area (Å²) in [5.74, 6) is -0.772. The molecule has 0 bridgehead atoms. The standard InChI is InChI=1S/C19H14F2N4O3/c20-13-3-2-12(6-14(13)21)25-18-7-15(23-9-24-18)19(26)22-8-11-1-4-16-17(5-11)28-10-27-16/h1-7,9H,8,10H2,(H,22,26)(H,23,24,25). The number of hydrogen-bond acceptors (Lipinski definition) is 6. The third-order valence-corrected chi connectivity index (χ3v) is 3.98. The highest BCUT2D eigenvalue weighted by Gasteiger charge is 2.14. The van der Waals surface area contributed by atoms with Crippen molar-refractivity contribution in [1.82, 2.24) is 15.3 Å². The first-order valence-electron chi connectivity index (χ1n) is 8.29. The van der Waals surface area contributed by atoms with Crippen LogP contribution in [-0.4, -0.2) is 22.7 Å². The van der Waals surface area contributed by atoms with Gasteiger partial charge in [0.05, 0.1) is 0 Å². The number of halogens is 2. The molecule has 28 heavy (non-hydrogen) atoms. The molecule has 0 radical (unpaired) electrons. The van der Waals surface area contributed by atoms with Gasteiger partial charge in [0.15, 0.2) is 23.1 Å². The second kappa shape index (κ2) is 7.47. The fourth-order valence-electron chi connectivity index (χ4n) is 2.60. The minimum Gasteiger partial charge on any atom is -0.454 e. The van der Waals surface area contributed by atoms with E-state index in [1.807, 2.05) is 6.07 Å². The monoisotopic (exact) mass is 384 g/mol. The molecule has 4 rings (SSSR count). The zero-order valence-corrected chi connectivity index (χ0v) is 14.4. The molecule has 142 valence electrons. The normalized spacial score (nSPS) is 11.9. The summed E-state index contributed by atoms with van der Waals surface area (Å²) >= 11 is 0. The Morgan fingerprint density at radius 2 is 1.86 bits per heavy atom. The molecule has 1 aliphatic heterocycles. The summed E-state index contributed by atoms with van der Waals surface area (Å²) in [6, 6.07) is 10.2. The molecule has 2 N–H and O–H groups in total. The van der Waals surface area contributed by atoms with E-state index in [0.717, 1.165) is 17.7 Å². The van der Waals surface area contributed by atoms with Gasteiger partial charge in [-0.1, -0.05) is 6.07 Å². The molecule has 3 aromatic rings. The summed E-state index contributed by atoms with van der Waals surface area (Å²) in [6.07, 6.45) is 1.21. The van der Waals surface area contributed by atoms with E-state index in [1.165, 1.54) is 18.5 Å². The van der Waals surface area contributed by atoms with Crippen molar-refractivity contribution in [2.45, 2.75) is 6.54 Å². The van der Waals surface area contributed by atoms with Gasteiger partial charge in [0.2, 0.25) is 6.79 Å². The minimum absolute atomic E-state index is 0.126. The molecular weight excluding hydrogens is 370 g/mol. The Balaban J connectivity index is 1.41. The Kier molecular flexibility index (Phi) is 4.71. The highest BCUT2D eigenvalue weighted by molar-refractivity contribution is 5.92. The lowest BCUT2D eigenvalue weighted by Crippen LogP contribution is -2.24. The van der Waals surface area contributed by atoms with Crippen molar-refractivity contribution >= 4 is 17.4 Å². The maximum Gasteiger partial charge on any atom is 0.270 e. The number of hydrogen-bond donors (Lipinski definition) is 2. The number of ether oxygens (including phenoxy) is 2. The molecule has 7 nitrogen and oxygen atoms in total. The number of benzene rings is 2. The molecule has 0 unspecified atom stereocenters.